The van der Waals surface area contributed by atoms with Crippen molar-refractivity contribution >= 4 is 29.1 Å². The molecule has 0 aliphatic carbocycles. The summed E-state index contributed by atoms with van der Waals surface area (Å²) in [5.41, 5.74) is 2.66. The quantitative estimate of drug-likeness (QED) is 0.927. The van der Waals surface area contributed by atoms with E-state index in [0.717, 1.165) is 16.8 Å². The van der Waals surface area contributed by atoms with Crippen molar-refractivity contribution in [3.05, 3.63) is 64.2 Å². The van der Waals surface area contributed by atoms with Gasteiger partial charge in [-0.15, -0.1) is 0 Å². The summed E-state index contributed by atoms with van der Waals surface area (Å²) >= 11 is 5.86. The molecule has 0 unspecified atom stereocenters. The van der Waals surface area contributed by atoms with E-state index in [9.17, 15) is 9.59 Å². The Balaban J connectivity index is 1.79. The van der Waals surface area contributed by atoms with Gasteiger partial charge in [-0.1, -0.05) is 23.7 Å². The molecule has 0 bridgehead atoms. The van der Waals surface area contributed by atoms with Gasteiger partial charge >= 0.3 is 0 Å². The molecule has 0 fully saturated rings. The first-order valence-corrected chi connectivity index (χ1v) is 8.14. The van der Waals surface area contributed by atoms with E-state index in [0.29, 0.717) is 17.1 Å². The molecule has 0 spiro atoms. The lowest BCUT2D eigenvalue weighted by molar-refractivity contribution is -0.121. The summed E-state index contributed by atoms with van der Waals surface area (Å²) in [5.74, 6) is -0.123. The van der Waals surface area contributed by atoms with Gasteiger partial charge in [0.1, 0.15) is 0 Å². The third-order valence-electron chi connectivity index (χ3n) is 4.50. The lowest BCUT2D eigenvalue weighted by Gasteiger charge is -2.16. The van der Waals surface area contributed by atoms with E-state index in [-0.39, 0.29) is 11.8 Å². The molecule has 2 aromatic rings. The molecule has 0 atom stereocenters. The molecule has 0 saturated carbocycles. The lowest BCUT2D eigenvalue weighted by atomic mass is 9.85. The molecule has 1 heterocycles. The van der Waals surface area contributed by atoms with Crippen LogP contribution >= 0.6 is 11.6 Å². The van der Waals surface area contributed by atoms with E-state index in [1.54, 1.807) is 30.1 Å². The normalized spacial score (nSPS) is 15.3. The Morgan fingerprint density at radius 3 is 2.50 bits per heavy atom. The minimum absolute atomic E-state index is 0.0382. The molecule has 1 aliphatic rings. The molecule has 24 heavy (non-hydrogen) atoms. The van der Waals surface area contributed by atoms with Gasteiger partial charge in [-0.3, -0.25) is 9.59 Å². The molecule has 2 amide bonds. The highest BCUT2D eigenvalue weighted by atomic mass is 35.5. The van der Waals surface area contributed by atoms with Crippen LogP contribution in [0.2, 0.25) is 5.02 Å². The number of likely N-dealkylation sites (N-methyl/N-ethyl adjacent to an activating group) is 1. The highest BCUT2D eigenvalue weighted by molar-refractivity contribution is 6.30. The minimum atomic E-state index is -0.615. The van der Waals surface area contributed by atoms with Crippen molar-refractivity contribution in [1.82, 2.24) is 5.32 Å². The maximum absolute atomic E-state index is 12.4. The molecule has 2 aromatic carbocycles. The number of nitrogens with one attached hydrogen (secondary N) is 1. The summed E-state index contributed by atoms with van der Waals surface area (Å²) < 4.78 is 0. The van der Waals surface area contributed by atoms with Crippen LogP contribution in [-0.4, -0.2) is 18.9 Å². The van der Waals surface area contributed by atoms with Gasteiger partial charge in [0, 0.05) is 29.9 Å². The van der Waals surface area contributed by atoms with Crippen LogP contribution in [0.15, 0.2) is 42.5 Å². The second kappa shape index (κ2) is 5.95. The number of benzene rings is 2. The number of carbonyl (C=O) groups is 2. The predicted molar refractivity (Wildman–Crippen MR) is 95.5 cm³/mol. The number of hydrogen-bond donors (Lipinski definition) is 1. The Morgan fingerprint density at radius 2 is 1.83 bits per heavy atom. The second-order valence-electron chi connectivity index (χ2n) is 6.53. The third-order valence-corrected chi connectivity index (χ3v) is 4.75. The van der Waals surface area contributed by atoms with Crippen molar-refractivity contribution in [3.8, 4) is 0 Å². The fourth-order valence-electron chi connectivity index (χ4n) is 3.00. The number of halogens is 1. The van der Waals surface area contributed by atoms with Gasteiger partial charge in [0.25, 0.3) is 5.91 Å². The largest absolute Gasteiger partial charge is 0.348 e. The SMILES string of the molecule is CN1C(=O)C(C)(C)c2cc(C(=O)NCc3ccc(Cl)cc3)ccc21. The highest BCUT2D eigenvalue weighted by Gasteiger charge is 2.42. The molecule has 0 saturated heterocycles. The van der Waals surface area contributed by atoms with Gasteiger partial charge < -0.3 is 10.2 Å². The smallest absolute Gasteiger partial charge is 0.251 e. The van der Waals surface area contributed by atoms with Crippen LogP contribution in [0.5, 0.6) is 0 Å². The van der Waals surface area contributed by atoms with Crippen LogP contribution < -0.4 is 10.2 Å². The van der Waals surface area contributed by atoms with E-state index in [4.69, 9.17) is 11.6 Å². The van der Waals surface area contributed by atoms with Crippen molar-refractivity contribution in [2.75, 3.05) is 11.9 Å². The van der Waals surface area contributed by atoms with E-state index in [1.807, 2.05) is 38.1 Å². The van der Waals surface area contributed by atoms with E-state index >= 15 is 0 Å². The molecule has 1 N–H and O–H groups in total. The third kappa shape index (κ3) is 2.78. The van der Waals surface area contributed by atoms with Gasteiger partial charge in [0.2, 0.25) is 5.91 Å². The van der Waals surface area contributed by atoms with Gasteiger partial charge in [-0.25, -0.2) is 0 Å². The molecule has 1 aliphatic heterocycles. The molecule has 5 heteroatoms. The van der Waals surface area contributed by atoms with Crippen molar-refractivity contribution in [1.29, 1.82) is 0 Å². The fraction of sp³-hybridized carbons (Fsp3) is 0.263. The maximum Gasteiger partial charge on any atom is 0.251 e. The van der Waals surface area contributed by atoms with Crippen LogP contribution in [0.25, 0.3) is 0 Å². The summed E-state index contributed by atoms with van der Waals surface area (Å²) in [6, 6.07) is 12.7. The summed E-state index contributed by atoms with van der Waals surface area (Å²) in [5, 5.41) is 3.56. The number of hydrogen-bond acceptors (Lipinski definition) is 2. The Kier molecular flexibility index (Phi) is 4.10. The van der Waals surface area contributed by atoms with E-state index in [1.165, 1.54) is 0 Å². The number of rotatable bonds is 3. The maximum atomic E-state index is 12.4. The number of anilines is 1. The average Bonchev–Trinajstić information content (AvgIpc) is 2.74. The fourth-order valence-corrected chi connectivity index (χ4v) is 3.13. The van der Waals surface area contributed by atoms with Crippen LogP contribution in [0.4, 0.5) is 5.69 Å². The van der Waals surface area contributed by atoms with Gasteiger partial charge in [0.05, 0.1) is 5.41 Å². The summed E-state index contributed by atoms with van der Waals surface area (Å²) in [6.45, 7) is 4.19. The topological polar surface area (TPSA) is 49.4 Å². The lowest BCUT2D eigenvalue weighted by Crippen LogP contribution is -2.33. The highest BCUT2D eigenvalue weighted by Crippen LogP contribution is 2.40. The van der Waals surface area contributed by atoms with Crippen molar-refractivity contribution in [3.63, 3.8) is 0 Å². The summed E-state index contributed by atoms with van der Waals surface area (Å²) in [6.07, 6.45) is 0. The van der Waals surface area contributed by atoms with Crippen LogP contribution in [-0.2, 0) is 16.8 Å². The Labute approximate surface area is 146 Å². The van der Waals surface area contributed by atoms with Crippen LogP contribution in [0.1, 0.15) is 35.3 Å². The standard InChI is InChI=1S/C19H19ClN2O2/c1-19(2)15-10-13(6-9-16(15)22(3)18(19)24)17(23)21-11-12-4-7-14(20)8-5-12/h4-10H,11H2,1-3H3,(H,21,23). The Hall–Kier alpha value is -2.33. The number of amides is 2. The molecule has 3 rings (SSSR count). The molecular weight excluding hydrogens is 324 g/mol. The molecule has 4 nitrogen and oxygen atoms in total. The van der Waals surface area contributed by atoms with Crippen molar-refractivity contribution in [2.45, 2.75) is 25.8 Å². The zero-order valence-electron chi connectivity index (χ0n) is 13.9. The van der Waals surface area contributed by atoms with Crippen molar-refractivity contribution in [2.24, 2.45) is 0 Å². The summed E-state index contributed by atoms with van der Waals surface area (Å²) in [4.78, 5) is 26.4. The monoisotopic (exact) mass is 342 g/mol. The van der Waals surface area contributed by atoms with Crippen LogP contribution in [0, 0.1) is 0 Å². The second-order valence-corrected chi connectivity index (χ2v) is 6.97. The Bertz CT molecular complexity index is 813. The zero-order valence-corrected chi connectivity index (χ0v) is 14.6. The number of carbonyl (C=O) groups excluding carboxylic acids is 2. The van der Waals surface area contributed by atoms with Gasteiger partial charge in [-0.2, -0.15) is 0 Å². The predicted octanol–water partition coefficient (Wildman–Crippen LogP) is 3.52. The van der Waals surface area contributed by atoms with E-state index < -0.39 is 5.41 Å². The molecule has 0 radical (unpaired) electrons. The van der Waals surface area contributed by atoms with Crippen LogP contribution in [0.3, 0.4) is 0 Å². The first kappa shape index (κ1) is 16.5. The number of fused-ring (bicyclic) bond motifs is 1. The average molecular weight is 343 g/mol. The molecule has 0 aromatic heterocycles. The minimum Gasteiger partial charge on any atom is -0.348 e. The Morgan fingerprint density at radius 1 is 1.17 bits per heavy atom. The zero-order chi connectivity index (χ0) is 17.5. The first-order valence-electron chi connectivity index (χ1n) is 7.76. The van der Waals surface area contributed by atoms with E-state index in [2.05, 4.69) is 5.32 Å². The molecule has 124 valence electrons. The number of nitrogens with zero attached hydrogens (tertiary/aromatic N) is 1. The first-order chi connectivity index (χ1) is 11.3. The molecular formula is C19H19ClN2O2. The van der Waals surface area contributed by atoms with Gasteiger partial charge in [-0.05, 0) is 55.3 Å². The summed E-state index contributed by atoms with van der Waals surface area (Å²) in [7, 11) is 1.76. The van der Waals surface area contributed by atoms with Gasteiger partial charge in [0.15, 0.2) is 0 Å². The van der Waals surface area contributed by atoms with Crippen molar-refractivity contribution < 1.29 is 9.59 Å².